The molecule has 0 saturated carbocycles. The fourth-order valence-electron chi connectivity index (χ4n) is 4.98. The Morgan fingerprint density at radius 2 is 2.00 bits per heavy atom. The summed E-state index contributed by atoms with van der Waals surface area (Å²) in [6, 6.07) is 5.13. The number of nitrogens with one attached hydrogen (secondary N) is 1. The highest BCUT2D eigenvalue weighted by Crippen LogP contribution is 2.45. The molecular weight excluding hydrogens is 483 g/mol. The molecule has 2 aromatic rings. The average Bonchev–Trinajstić information content (AvgIpc) is 3.07. The summed E-state index contributed by atoms with van der Waals surface area (Å²) in [5.74, 6) is -1.79. The molecule has 2 bridgehead atoms. The minimum atomic E-state index is -1.19. The molecule has 10 nitrogen and oxygen atoms in total. The second kappa shape index (κ2) is 9.77. The Morgan fingerprint density at radius 3 is 2.57 bits per heavy atom. The summed E-state index contributed by atoms with van der Waals surface area (Å²) in [6.07, 6.45) is 0.546. The van der Waals surface area contributed by atoms with Crippen molar-refractivity contribution in [2.75, 3.05) is 13.7 Å². The van der Waals surface area contributed by atoms with E-state index in [-0.39, 0.29) is 25.1 Å². The Balaban J connectivity index is 1.79. The number of fused-ring (bicyclic) bond motifs is 2. The van der Waals surface area contributed by atoms with Gasteiger partial charge in [0.1, 0.15) is 22.8 Å². The maximum atomic E-state index is 13.5. The zero-order valence-electron chi connectivity index (χ0n) is 21.7. The molecular formula is C26H33FN4O6. The number of aromatic hydroxyl groups is 1. The second-order valence-corrected chi connectivity index (χ2v) is 10.6. The maximum absolute atomic E-state index is 13.5. The molecule has 1 aromatic heterocycles. The van der Waals surface area contributed by atoms with Gasteiger partial charge in [0.25, 0.3) is 11.5 Å². The standard InChI is InChI=1S/C26H33FN4O6/c1-6-17-18-11-12-26(14-36-18,30(5)24(35)37-25(2,3)4)23-29-19(20(32)22(34)31(17)23)21(33)28-13-15-7-9-16(27)10-8-15/h7-10,17-18,32H,6,11-14H2,1-5H3,(H,28,33). The third kappa shape index (κ3) is 4.92. The molecule has 3 unspecified atom stereocenters. The molecule has 200 valence electrons. The monoisotopic (exact) mass is 516 g/mol. The second-order valence-electron chi connectivity index (χ2n) is 10.6. The molecule has 2 amide bonds. The number of rotatable bonds is 5. The van der Waals surface area contributed by atoms with Gasteiger partial charge in [-0.15, -0.1) is 0 Å². The first-order chi connectivity index (χ1) is 17.4. The molecule has 1 saturated heterocycles. The Bertz CT molecular complexity index is 1250. The van der Waals surface area contributed by atoms with E-state index in [0.29, 0.717) is 24.8 Å². The quantitative estimate of drug-likeness (QED) is 0.626. The lowest BCUT2D eigenvalue weighted by Crippen LogP contribution is -2.55. The molecule has 1 aromatic carbocycles. The number of likely N-dealkylation sites (N-methyl/N-ethyl adjacent to an activating group) is 1. The van der Waals surface area contributed by atoms with Gasteiger partial charge in [-0.2, -0.15) is 0 Å². The van der Waals surface area contributed by atoms with Crippen LogP contribution in [0.1, 0.15) is 74.9 Å². The zero-order chi connectivity index (χ0) is 27.1. The van der Waals surface area contributed by atoms with Gasteiger partial charge in [-0.05, 0) is 57.7 Å². The predicted octanol–water partition coefficient (Wildman–Crippen LogP) is 3.22. The highest BCUT2D eigenvalue weighted by Gasteiger charge is 2.53. The summed E-state index contributed by atoms with van der Waals surface area (Å²) in [5, 5.41) is 13.4. The summed E-state index contributed by atoms with van der Waals surface area (Å²) in [7, 11) is 1.56. The number of ether oxygens (including phenoxy) is 2. The summed E-state index contributed by atoms with van der Waals surface area (Å²) < 4.78 is 26.3. The van der Waals surface area contributed by atoms with E-state index in [0.717, 1.165) is 0 Å². The van der Waals surface area contributed by atoms with E-state index in [2.05, 4.69) is 10.3 Å². The maximum Gasteiger partial charge on any atom is 0.410 e. The zero-order valence-corrected chi connectivity index (χ0v) is 21.7. The molecule has 3 aliphatic heterocycles. The number of amides is 2. The fourth-order valence-corrected chi connectivity index (χ4v) is 4.98. The smallest absolute Gasteiger partial charge is 0.410 e. The van der Waals surface area contributed by atoms with E-state index >= 15 is 0 Å². The molecule has 3 atom stereocenters. The van der Waals surface area contributed by atoms with Crippen molar-refractivity contribution in [2.24, 2.45) is 0 Å². The Kier molecular flexibility index (Phi) is 7.02. The van der Waals surface area contributed by atoms with Gasteiger partial charge in [0.2, 0.25) is 5.75 Å². The van der Waals surface area contributed by atoms with E-state index in [1.54, 1.807) is 27.8 Å². The Hall–Kier alpha value is -3.47. The molecule has 4 heterocycles. The van der Waals surface area contributed by atoms with Gasteiger partial charge in [0.05, 0.1) is 18.8 Å². The number of hydrogen-bond acceptors (Lipinski definition) is 7. The van der Waals surface area contributed by atoms with Crippen LogP contribution < -0.4 is 10.9 Å². The lowest BCUT2D eigenvalue weighted by Gasteiger charge is -2.43. The molecule has 1 fully saturated rings. The summed E-state index contributed by atoms with van der Waals surface area (Å²) in [6.45, 7) is 7.24. The number of aromatic nitrogens is 2. The van der Waals surface area contributed by atoms with Crippen LogP contribution in [0.15, 0.2) is 29.1 Å². The molecule has 0 radical (unpaired) electrons. The number of carbonyl (C=O) groups excluding carboxylic acids is 2. The summed E-state index contributed by atoms with van der Waals surface area (Å²) in [4.78, 5) is 45.6. The number of hydrogen-bond donors (Lipinski definition) is 2. The van der Waals surface area contributed by atoms with Gasteiger partial charge in [-0.1, -0.05) is 19.1 Å². The van der Waals surface area contributed by atoms with Crippen LogP contribution in [0.2, 0.25) is 0 Å². The van der Waals surface area contributed by atoms with E-state index in [1.807, 2.05) is 6.92 Å². The normalized spacial score (nSPS) is 22.6. The van der Waals surface area contributed by atoms with Crippen molar-refractivity contribution >= 4 is 12.0 Å². The van der Waals surface area contributed by atoms with Crippen LogP contribution in [0.5, 0.6) is 5.75 Å². The number of halogens is 1. The fraction of sp³-hybridized carbons (Fsp3) is 0.538. The Morgan fingerprint density at radius 1 is 1.32 bits per heavy atom. The van der Waals surface area contributed by atoms with Crippen LogP contribution >= 0.6 is 0 Å². The first kappa shape index (κ1) is 26.6. The van der Waals surface area contributed by atoms with Crippen LogP contribution in [0, 0.1) is 5.82 Å². The largest absolute Gasteiger partial charge is 0.501 e. The predicted molar refractivity (Wildman–Crippen MR) is 132 cm³/mol. The van der Waals surface area contributed by atoms with Crippen LogP contribution in [-0.4, -0.2) is 56.9 Å². The minimum absolute atomic E-state index is 0.0321. The topological polar surface area (TPSA) is 123 Å². The van der Waals surface area contributed by atoms with Crippen molar-refractivity contribution in [1.82, 2.24) is 19.8 Å². The van der Waals surface area contributed by atoms with Gasteiger partial charge in [-0.3, -0.25) is 19.1 Å². The van der Waals surface area contributed by atoms with Crippen LogP contribution in [0.3, 0.4) is 0 Å². The SMILES string of the molecule is CCC1C2CCC(N(C)C(=O)OC(C)(C)C)(CO2)c2nc(C(=O)NCc3ccc(F)cc3)c(O)c(=O)n21. The van der Waals surface area contributed by atoms with E-state index < -0.39 is 52.0 Å². The number of benzene rings is 1. The van der Waals surface area contributed by atoms with Gasteiger partial charge < -0.3 is 19.9 Å². The molecule has 11 heteroatoms. The summed E-state index contributed by atoms with van der Waals surface area (Å²) >= 11 is 0. The lowest BCUT2D eigenvalue weighted by molar-refractivity contribution is -0.0889. The molecule has 0 aliphatic carbocycles. The Labute approximate surface area is 214 Å². The van der Waals surface area contributed by atoms with Crippen molar-refractivity contribution in [2.45, 2.75) is 76.8 Å². The van der Waals surface area contributed by atoms with E-state index in [1.165, 1.54) is 33.7 Å². The van der Waals surface area contributed by atoms with E-state index in [4.69, 9.17) is 9.47 Å². The van der Waals surface area contributed by atoms with Crippen molar-refractivity contribution in [3.63, 3.8) is 0 Å². The third-order valence-electron chi connectivity index (χ3n) is 6.96. The molecule has 3 aliphatic rings. The van der Waals surface area contributed by atoms with Gasteiger partial charge >= 0.3 is 6.09 Å². The molecule has 5 rings (SSSR count). The van der Waals surface area contributed by atoms with Crippen LogP contribution in [-0.2, 0) is 21.6 Å². The highest BCUT2D eigenvalue weighted by molar-refractivity contribution is 5.94. The van der Waals surface area contributed by atoms with Crippen molar-refractivity contribution in [1.29, 1.82) is 0 Å². The van der Waals surface area contributed by atoms with Crippen molar-refractivity contribution in [3.8, 4) is 5.75 Å². The van der Waals surface area contributed by atoms with Crippen molar-refractivity contribution < 1.29 is 28.6 Å². The van der Waals surface area contributed by atoms with Gasteiger partial charge in [0.15, 0.2) is 5.69 Å². The van der Waals surface area contributed by atoms with Crippen molar-refractivity contribution in [3.05, 3.63) is 57.5 Å². The van der Waals surface area contributed by atoms with E-state index in [9.17, 15) is 23.9 Å². The molecule has 2 N–H and O–H groups in total. The first-order valence-corrected chi connectivity index (χ1v) is 12.3. The lowest BCUT2D eigenvalue weighted by atomic mass is 9.88. The van der Waals surface area contributed by atoms with Gasteiger partial charge in [0, 0.05) is 13.6 Å². The number of carbonyl (C=O) groups is 2. The first-order valence-electron chi connectivity index (χ1n) is 12.3. The van der Waals surface area contributed by atoms with Gasteiger partial charge in [-0.25, -0.2) is 14.2 Å². The highest BCUT2D eigenvalue weighted by atomic mass is 19.1. The minimum Gasteiger partial charge on any atom is -0.501 e. The summed E-state index contributed by atoms with van der Waals surface area (Å²) in [5.41, 5.74) is -2.55. The van der Waals surface area contributed by atoms with Crippen LogP contribution in [0.25, 0.3) is 0 Å². The molecule has 0 spiro atoms. The molecule has 37 heavy (non-hydrogen) atoms. The van der Waals surface area contributed by atoms with Crippen LogP contribution in [0.4, 0.5) is 9.18 Å². The number of nitrogens with zero attached hydrogens (tertiary/aromatic N) is 3. The average molecular weight is 517 g/mol. The third-order valence-corrected chi connectivity index (χ3v) is 6.96.